The van der Waals surface area contributed by atoms with Crippen LogP contribution in [0.25, 0.3) is 0 Å². The summed E-state index contributed by atoms with van der Waals surface area (Å²) in [5.41, 5.74) is 6.28. The van der Waals surface area contributed by atoms with Crippen LogP contribution >= 0.6 is 11.3 Å². The number of fused-ring (bicyclic) bond motifs is 1. The Balaban J connectivity index is 1.13. The third-order valence-electron chi connectivity index (χ3n) is 7.44. The van der Waals surface area contributed by atoms with E-state index in [0.29, 0.717) is 45.0 Å². The van der Waals surface area contributed by atoms with Gasteiger partial charge in [0, 0.05) is 31.6 Å². The second-order valence-electron chi connectivity index (χ2n) is 10.6. The van der Waals surface area contributed by atoms with Gasteiger partial charge in [0.2, 0.25) is 0 Å². The number of aromatic nitrogens is 1. The first kappa shape index (κ1) is 27.8. The Morgan fingerprint density at radius 3 is 2.21 bits per heavy atom. The van der Waals surface area contributed by atoms with E-state index in [1.165, 1.54) is 34.6 Å². The lowest BCUT2D eigenvalue weighted by atomic mass is 10.00. The molecule has 0 aliphatic carbocycles. The molecule has 0 radical (unpaired) electrons. The standard InChI is InChI=1S/C35H32FN3O2S/c36-31-14-10-26(11-15-31)20-38(21-27-12-16-32(17-13-27)41-24-28-6-2-1-3-7-28)23-34-37-33(25-42-34)35(40)39-19-18-29-8-4-5-9-30(29)22-39/h1-17,25H,18-24H2. The van der Waals surface area contributed by atoms with Gasteiger partial charge in [-0.25, -0.2) is 9.37 Å². The lowest BCUT2D eigenvalue weighted by molar-refractivity contribution is 0.0729. The first-order chi connectivity index (χ1) is 20.6. The van der Waals surface area contributed by atoms with Gasteiger partial charge in [-0.15, -0.1) is 11.3 Å². The summed E-state index contributed by atoms with van der Waals surface area (Å²) in [7, 11) is 0. The highest BCUT2D eigenvalue weighted by Crippen LogP contribution is 2.23. The van der Waals surface area contributed by atoms with Crippen LogP contribution in [0, 0.1) is 5.82 Å². The van der Waals surface area contributed by atoms with Gasteiger partial charge in [0.1, 0.15) is 28.9 Å². The Kier molecular flexibility index (Phi) is 8.68. The third-order valence-corrected chi connectivity index (χ3v) is 8.28. The van der Waals surface area contributed by atoms with Crippen molar-refractivity contribution >= 4 is 17.2 Å². The summed E-state index contributed by atoms with van der Waals surface area (Å²) in [6.45, 7) is 3.70. The number of carbonyl (C=O) groups is 1. The molecule has 4 aromatic carbocycles. The van der Waals surface area contributed by atoms with Crippen LogP contribution in [0.2, 0.25) is 0 Å². The van der Waals surface area contributed by atoms with Crippen molar-refractivity contribution in [1.82, 2.24) is 14.8 Å². The largest absolute Gasteiger partial charge is 0.489 e. The Morgan fingerprint density at radius 1 is 0.810 bits per heavy atom. The van der Waals surface area contributed by atoms with E-state index >= 15 is 0 Å². The highest BCUT2D eigenvalue weighted by Gasteiger charge is 2.24. The fraction of sp³-hybridized carbons (Fsp3) is 0.200. The van der Waals surface area contributed by atoms with E-state index in [0.717, 1.165) is 33.9 Å². The molecule has 0 unspecified atom stereocenters. The highest BCUT2D eigenvalue weighted by molar-refractivity contribution is 7.09. The number of hydrogen-bond donors (Lipinski definition) is 0. The molecule has 42 heavy (non-hydrogen) atoms. The van der Waals surface area contributed by atoms with Gasteiger partial charge in [0.25, 0.3) is 5.91 Å². The molecule has 5 nitrogen and oxygen atoms in total. The number of rotatable bonds is 10. The minimum Gasteiger partial charge on any atom is -0.489 e. The zero-order valence-electron chi connectivity index (χ0n) is 23.3. The lowest BCUT2D eigenvalue weighted by Crippen LogP contribution is -2.36. The molecule has 1 aliphatic rings. The Hall–Kier alpha value is -4.33. The molecular formula is C35H32FN3O2S. The summed E-state index contributed by atoms with van der Waals surface area (Å²) < 4.78 is 19.5. The average molecular weight is 578 g/mol. The van der Waals surface area contributed by atoms with Crippen molar-refractivity contribution < 1.29 is 13.9 Å². The summed E-state index contributed by atoms with van der Waals surface area (Å²) in [6, 6.07) is 33.1. The molecule has 212 valence electrons. The van der Waals surface area contributed by atoms with Crippen LogP contribution in [-0.2, 0) is 39.2 Å². The summed E-state index contributed by atoms with van der Waals surface area (Å²) in [5, 5.41) is 2.74. The van der Waals surface area contributed by atoms with Gasteiger partial charge in [-0.1, -0.05) is 78.9 Å². The fourth-order valence-electron chi connectivity index (χ4n) is 5.21. The Bertz CT molecular complexity index is 1620. The maximum absolute atomic E-state index is 13.6. The average Bonchev–Trinajstić information content (AvgIpc) is 3.50. The van der Waals surface area contributed by atoms with Gasteiger partial charge < -0.3 is 9.64 Å². The molecule has 0 fully saturated rings. The SMILES string of the molecule is O=C(c1csc(CN(Cc2ccc(F)cc2)Cc2ccc(OCc3ccccc3)cc2)n1)N1CCc2ccccc2C1. The quantitative estimate of drug-likeness (QED) is 0.175. The number of thiazole rings is 1. The topological polar surface area (TPSA) is 45.7 Å². The van der Waals surface area contributed by atoms with Crippen molar-refractivity contribution in [2.75, 3.05) is 6.54 Å². The van der Waals surface area contributed by atoms with E-state index in [2.05, 4.69) is 35.2 Å². The molecule has 1 aliphatic heterocycles. The zero-order valence-corrected chi connectivity index (χ0v) is 24.1. The molecule has 0 saturated heterocycles. The molecule has 7 heteroatoms. The zero-order chi connectivity index (χ0) is 28.7. The van der Waals surface area contributed by atoms with Crippen molar-refractivity contribution in [3.05, 3.63) is 153 Å². The first-order valence-corrected chi connectivity index (χ1v) is 15.0. The predicted octanol–water partition coefficient (Wildman–Crippen LogP) is 7.26. The minimum absolute atomic E-state index is 0.0248. The number of amides is 1. The van der Waals surface area contributed by atoms with Gasteiger partial charge in [-0.3, -0.25) is 9.69 Å². The van der Waals surface area contributed by atoms with Crippen LogP contribution in [0.3, 0.4) is 0 Å². The summed E-state index contributed by atoms with van der Waals surface area (Å²) in [4.78, 5) is 22.2. The van der Waals surface area contributed by atoms with Crippen LogP contribution in [0.15, 0.2) is 109 Å². The van der Waals surface area contributed by atoms with E-state index in [1.807, 2.05) is 70.9 Å². The second-order valence-corrected chi connectivity index (χ2v) is 11.5. The first-order valence-electron chi connectivity index (χ1n) is 14.1. The number of ether oxygens (including phenoxy) is 1. The van der Waals surface area contributed by atoms with Crippen molar-refractivity contribution in [2.24, 2.45) is 0 Å². The molecule has 5 aromatic rings. The van der Waals surface area contributed by atoms with Crippen LogP contribution in [-0.4, -0.2) is 27.2 Å². The number of halogens is 1. The molecule has 2 heterocycles. The Labute approximate surface area is 249 Å². The van der Waals surface area contributed by atoms with E-state index in [-0.39, 0.29) is 11.7 Å². The van der Waals surface area contributed by atoms with Crippen LogP contribution in [0.5, 0.6) is 5.75 Å². The predicted molar refractivity (Wildman–Crippen MR) is 164 cm³/mol. The number of benzene rings is 4. The molecular weight excluding hydrogens is 545 g/mol. The molecule has 0 N–H and O–H groups in total. The van der Waals surface area contributed by atoms with Crippen LogP contribution in [0.4, 0.5) is 4.39 Å². The van der Waals surface area contributed by atoms with E-state index in [4.69, 9.17) is 9.72 Å². The fourth-order valence-corrected chi connectivity index (χ4v) is 6.02. The highest BCUT2D eigenvalue weighted by atomic mass is 32.1. The van der Waals surface area contributed by atoms with Gasteiger partial charge in [-0.2, -0.15) is 0 Å². The third kappa shape index (κ3) is 7.11. The molecule has 0 spiro atoms. The van der Waals surface area contributed by atoms with E-state index in [1.54, 1.807) is 0 Å². The van der Waals surface area contributed by atoms with Gasteiger partial charge in [0.15, 0.2) is 0 Å². The van der Waals surface area contributed by atoms with Crippen LogP contribution < -0.4 is 4.74 Å². The normalized spacial score (nSPS) is 12.8. The molecule has 1 amide bonds. The lowest BCUT2D eigenvalue weighted by Gasteiger charge is -2.28. The number of nitrogens with zero attached hydrogens (tertiary/aromatic N) is 3. The smallest absolute Gasteiger partial charge is 0.273 e. The number of hydrogen-bond acceptors (Lipinski definition) is 5. The van der Waals surface area contributed by atoms with E-state index < -0.39 is 0 Å². The number of carbonyl (C=O) groups excluding carboxylic acids is 1. The summed E-state index contributed by atoms with van der Waals surface area (Å²) in [5.74, 6) is 0.541. The van der Waals surface area contributed by atoms with E-state index in [9.17, 15) is 9.18 Å². The molecule has 1 aromatic heterocycles. The summed E-state index contributed by atoms with van der Waals surface area (Å²) in [6.07, 6.45) is 0.862. The monoisotopic (exact) mass is 577 g/mol. The minimum atomic E-state index is -0.250. The van der Waals surface area contributed by atoms with Gasteiger partial charge >= 0.3 is 0 Å². The maximum Gasteiger partial charge on any atom is 0.273 e. The van der Waals surface area contributed by atoms with Gasteiger partial charge in [-0.05, 0) is 58.5 Å². The molecule has 0 bridgehead atoms. The van der Waals surface area contributed by atoms with Crippen LogP contribution in [0.1, 0.15) is 43.3 Å². The molecule has 0 saturated carbocycles. The summed E-state index contributed by atoms with van der Waals surface area (Å²) >= 11 is 1.51. The van der Waals surface area contributed by atoms with Gasteiger partial charge in [0.05, 0.1) is 6.54 Å². The molecule has 0 atom stereocenters. The second kappa shape index (κ2) is 13.1. The van der Waals surface area contributed by atoms with Crippen molar-refractivity contribution in [1.29, 1.82) is 0 Å². The van der Waals surface area contributed by atoms with Crippen molar-refractivity contribution in [3.63, 3.8) is 0 Å². The Morgan fingerprint density at radius 2 is 1.48 bits per heavy atom. The maximum atomic E-state index is 13.6. The van der Waals surface area contributed by atoms with Crippen molar-refractivity contribution in [3.8, 4) is 5.75 Å². The molecule has 6 rings (SSSR count). The van der Waals surface area contributed by atoms with Crippen molar-refractivity contribution in [2.45, 2.75) is 39.2 Å².